The first-order valence-corrected chi connectivity index (χ1v) is 8.57. The van der Waals surface area contributed by atoms with Crippen LogP contribution in [0.3, 0.4) is 0 Å². The number of nitrogens with zero attached hydrogens (tertiary/aromatic N) is 1. The molecule has 1 unspecified atom stereocenters. The van der Waals surface area contributed by atoms with E-state index in [2.05, 4.69) is 4.90 Å². The van der Waals surface area contributed by atoms with E-state index in [1.54, 1.807) is 0 Å². The van der Waals surface area contributed by atoms with Crippen LogP contribution in [0.25, 0.3) is 0 Å². The molecule has 4 rings (SSSR count). The molecule has 5 nitrogen and oxygen atoms in total. The molecule has 2 saturated heterocycles. The highest BCUT2D eigenvalue weighted by atomic mass is 16.7. The molecular formula is C18H23NO4. The van der Waals surface area contributed by atoms with Gasteiger partial charge in [-0.2, -0.15) is 0 Å². The Morgan fingerprint density at radius 1 is 1.09 bits per heavy atom. The Morgan fingerprint density at radius 2 is 1.91 bits per heavy atom. The van der Waals surface area contributed by atoms with E-state index >= 15 is 0 Å². The third-order valence-corrected chi connectivity index (χ3v) is 5.19. The third-order valence-electron chi connectivity index (χ3n) is 5.19. The summed E-state index contributed by atoms with van der Waals surface area (Å²) >= 11 is 0. The predicted octanol–water partition coefficient (Wildman–Crippen LogP) is 2.49. The van der Waals surface area contributed by atoms with Gasteiger partial charge < -0.3 is 14.2 Å². The molecule has 1 aromatic rings. The fourth-order valence-corrected chi connectivity index (χ4v) is 3.89. The van der Waals surface area contributed by atoms with E-state index < -0.39 is 0 Å². The fraction of sp³-hybridized carbons (Fsp3) is 0.611. The van der Waals surface area contributed by atoms with Crippen molar-refractivity contribution >= 4 is 5.78 Å². The second-order valence-electron chi connectivity index (χ2n) is 6.61. The summed E-state index contributed by atoms with van der Waals surface area (Å²) in [7, 11) is 0. The van der Waals surface area contributed by atoms with Crippen LogP contribution in [0.5, 0.6) is 11.5 Å². The first-order valence-electron chi connectivity index (χ1n) is 8.57. The molecule has 5 heteroatoms. The molecule has 3 heterocycles. The predicted molar refractivity (Wildman–Crippen MR) is 85.0 cm³/mol. The van der Waals surface area contributed by atoms with Crippen molar-refractivity contribution in [1.29, 1.82) is 0 Å². The van der Waals surface area contributed by atoms with E-state index in [4.69, 9.17) is 14.2 Å². The number of piperidine rings is 1. The quantitative estimate of drug-likeness (QED) is 0.802. The van der Waals surface area contributed by atoms with Crippen LogP contribution in [0, 0.1) is 5.92 Å². The van der Waals surface area contributed by atoms with E-state index in [9.17, 15) is 4.79 Å². The first-order chi connectivity index (χ1) is 11.3. The van der Waals surface area contributed by atoms with Gasteiger partial charge in [0.1, 0.15) is 0 Å². The Labute approximate surface area is 136 Å². The zero-order chi connectivity index (χ0) is 15.6. The molecule has 0 amide bonds. The van der Waals surface area contributed by atoms with E-state index in [-0.39, 0.29) is 18.5 Å². The highest BCUT2D eigenvalue weighted by molar-refractivity contribution is 5.98. The van der Waals surface area contributed by atoms with Crippen molar-refractivity contribution < 1.29 is 19.0 Å². The Kier molecular flexibility index (Phi) is 4.23. The lowest BCUT2D eigenvalue weighted by Gasteiger charge is -2.39. The molecule has 3 aliphatic rings. The maximum atomic E-state index is 12.9. The average Bonchev–Trinajstić information content (AvgIpc) is 3.09. The molecule has 3 aliphatic heterocycles. The summed E-state index contributed by atoms with van der Waals surface area (Å²) < 4.78 is 16.2. The van der Waals surface area contributed by atoms with Gasteiger partial charge >= 0.3 is 0 Å². The van der Waals surface area contributed by atoms with Gasteiger partial charge in [0.2, 0.25) is 6.79 Å². The number of carbonyl (C=O) groups is 1. The van der Waals surface area contributed by atoms with Gasteiger partial charge in [0, 0.05) is 37.3 Å². The molecule has 0 N–H and O–H groups in total. The molecule has 2 fully saturated rings. The summed E-state index contributed by atoms with van der Waals surface area (Å²) in [6.45, 7) is 3.92. The number of fused-ring (bicyclic) bond motifs is 1. The largest absolute Gasteiger partial charge is 0.454 e. The van der Waals surface area contributed by atoms with Crippen LogP contribution in [0.1, 0.15) is 36.0 Å². The van der Waals surface area contributed by atoms with Crippen molar-refractivity contribution in [3.05, 3.63) is 23.8 Å². The van der Waals surface area contributed by atoms with Crippen LogP contribution in [0.2, 0.25) is 0 Å². The molecule has 0 bridgehead atoms. The van der Waals surface area contributed by atoms with E-state index in [0.717, 1.165) is 63.3 Å². The van der Waals surface area contributed by atoms with Gasteiger partial charge in [0.25, 0.3) is 0 Å². The molecule has 0 saturated carbocycles. The zero-order valence-electron chi connectivity index (χ0n) is 13.3. The number of Topliss-reactive ketones (excluding diaryl/α,β-unsaturated/α-hetero) is 1. The monoisotopic (exact) mass is 317 g/mol. The van der Waals surface area contributed by atoms with Crippen LogP contribution in [-0.2, 0) is 4.74 Å². The number of benzene rings is 1. The second-order valence-corrected chi connectivity index (χ2v) is 6.61. The number of likely N-dealkylation sites (tertiary alicyclic amines) is 1. The van der Waals surface area contributed by atoms with Crippen molar-refractivity contribution in [2.45, 2.75) is 31.7 Å². The molecule has 0 aromatic heterocycles. The molecule has 0 radical (unpaired) electrons. The maximum Gasteiger partial charge on any atom is 0.231 e. The van der Waals surface area contributed by atoms with Crippen molar-refractivity contribution in [3.63, 3.8) is 0 Å². The number of hydrogen-bond donors (Lipinski definition) is 0. The maximum absolute atomic E-state index is 12.9. The van der Waals surface area contributed by atoms with Gasteiger partial charge in [0.15, 0.2) is 17.3 Å². The Morgan fingerprint density at radius 3 is 2.78 bits per heavy atom. The summed E-state index contributed by atoms with van der Waals surface area (Å²) in [5.41, 5.74) is 0.744. The summed E-state index contributed by atoms with van der Waals surface area (Å²) in [4.78, 5) is 15.4. The lowest BCUT2D eigenvalue weighted by Crippen LogP contribution is -2.46. The number of hydrogen-bond acceptors (Lipinski definition) is 5. The second kappa shape index (κ2) is 6.49. The van der Waals surface area contributed by atoms with Crippen LogP contribution in [0.4, 0.5) is 0 Å². The standard InChI is InChI=1S/C18H23NO4/c20-18(13-3-4-16-17(10-13)23-12-22-16)14-2-1-7-19(11-14)15-5-8-21-9-6-15/h3-4,10,14-15H,1-2,5-9,11-12H2. The zero-order valence-corrected chi connectivity index (χ0v) is 13.3. The van der Waals surface area contributed by atoms with Crippen molar-refractivity contribution in [2.24, 2.45) is 5.92 Å². The van der Waals surface area contributed by atoms with Gasteiger partial charge in [0.05, 0.1) is 0 Å². The summed E-state index contributed by atoms with van der Waals surface area (Å²) in [6, 6.07) is 6.12. The highest BCUT2D eigenvalue weighted by Gasteiger charge is 2.31. The van der Waals surface area contributed by atoms with Crippen molar-refractivity contribution in [1.82, 2.24) is 4.90 Å². The Bertz CT molecular complexity index is 582. The first kappa shape index (κ1) is 15.0. The van der Waals surface area contributed by atoms with Crippen LogP contribution in [-0.4, -0.2) is 49.8 Å². The smallest absolute Gasteiger partial charge is 0.231 e. The molecule has 124 valence electrons. The number of ether oxygens (including phenoxy) is 3. The van der Waals surface area contributed by atoms with Crippen LogP contribution in [0.15, 0.2) is 18.2 Å². The number of carbonyl (C=O) groups excluding carboxylic acids is 1. The summed E-state index contributed by atoms with van der Waals surface area (Å²) in [6.07, 6.45) is 4.25. The highest BCUT2D eigenvalue weighted by Crippen LogP contribution is 2.34. The van der Waals surface area contributed by atoms with Crippen LogP contribution >= 0.6 is 0 Å². The summed E-state index contributed by atoms with van der Waals surface area (Å²) in [5, 5.41) is 0. The van der Waals surface area contributed by atoms with E-state index in [1.807, 2.05) is 18.2 Å². The molecule has 0 aliphatic carbocycles. The van der Waals surface area contributed by atoms with Gasteiger partial charge in [-0.25, -0.2) is 0 Å². The number of ketones is 1. The minimum Gasteiger partial charge on any atom is -0.454 e. The average molecular weight is 317 g/mol. The number of rotatable bonds is 3. The Balaban J connectivity index is 1.45. The van der Waals surface area contributed by atoms with Crippen molar-refractivity contribution in [2.75, 3.05) is 33.1 Å². The Hall–Kier alpha value is -1.59. The normalized spacial score (nSPS) is 25.5. The van der Waals surface area contributed by atoms with Gasteiger partial charge in [-0.3, -0.25) is 9.69 Å². The molecule has 0 spiro atoms. The van der Waals surface area contributed by atoms with Gasteiger partial charge in [-0.05, 0) is 50.4 Å². The molecule has 23 heavy (non-hydrogen) atoms. The lowest BCUT2D eigenvalue weighted by molar-refractivity contribution is 0.0183. The van der Waals surface area contributed by atoms with Gasteiger partial charge in [-0.15, -0.1) is 0 Å². The molecular weight excluding hydrogens is 294 g/mol. The fourth-order valence-electron chi connectivity index (χ4n) is 3.89. The van der Waals surface area contributed by atoms with Crippen LogP contribution < -0.4 is 9.47 Å². The van der Waals surface area contributed by atoms with Crippen molar-refractivity contribution in [3.8, 4) is 11.5 Å². The minimum absolute atomic E-state index is 0.0898. The minimum atomic E-state index is 0.0898. The summed E-state index contributed by atoms with van der Waals surface area (Å²) in [5.74, 6) is 1.74. The topological polar surface area (TPSA) is 48.0 Å². The SMILES string of the molecule is O=C(c1ccc2c(c1)OCO2)C1CCCN(C2CCOCC2)C1. The lowest BCUT2D eigenvalue weighted by atomic mass is 9.88. The molecule has 1 aromatic carbocycles. The third kappa shape index (κ3) is 3.08. The van der Waals surface area contributed by atoms with Gasteiger partial charge in [-0.1, -0.05) is 0 Å². The molecule has 1 atom stereocenters. The van der Waals surface area contributed by atoms with E-state index in [0.29, 0.717) is 11.8 Å². The van der Waals surface area contributed by atoms with E-state index in [1.165, 1.54) is 0 Å².